The maximum Gasteiger partial charge on any atom is 0.135 e. The highest BCUT2D eigenvalue weighted by atomic mass is 19.1. The Morgan fingerprint density at radius 2 is 2.11 bits per heavy atom. The number of ether oxygens (including phenoxy) is 2. The number of benzene rings is 1. The summed E-state index contributed by atoms with van der Waals surface area (Å²) in [6.45, 7) is 4.11. The Bertz CT molecular complexity index is 472. The SMILES string of the molecule is COC(C)(C)CCOc1ccc(F)cc1C#CCO. The van der Waals surface area contributed by atoms with E-state index in [-0.39, 0.29) is 18.0 Å². The molecule has 1 aromatic rings. The average molecular weight is 266 g/mol. The normalized spacial score (nSPS) is 10.8. The Labute approximate surface area is 113 Å². The van der Waals surface area contributed by atoms with Gasteiger partial charge in [-0.2, -0.15) is 0 Å². The van der Waals surface area contributed by atoms with Crippen molar-refractivity contribution in [3.63, 3.8) is 0 Å². The Balaban J connectivity index is 2.72. The molecule has 1 aromatic carbocycles. The fourth-order valence-electron chi connectivity index (χ4n) is 1.37. The number of aliphatic hydroxyl groups excluding tert-OH is 1. The van der Waals surface area contributed by atoms with Gasteiger partial charge in [-0.05, 0) is 32.0 Å². The van der Waals surface area contributed by atoms with Crippen LogP contribution in [0.25, 0.3) is 0 Å². The van der Waals surface area contributed by atoms with Gasteiger partial charge in [0.2, 0.25) is 0 Å². The molecule has 0 saturated carbocycles. The monoisotopic (exact) mass is 266 g/mol. The summed E-state index contributed by atoms with van der Waals surface area (Å²) in [4.78, 5) is 0. The van der Waals surface area contributed by atoms with E-state index in [0.29, 0.717) is 24.3 Å². The zero-order valence-corrected chi connectivity index (χ0v) is 11.5. The van der Waals surface area contributed by atoms with Gasteiger partial charge in [0.05, 0.1) is 17.8 Å². The maximum absolute atomic E-state index is 13.1. The summed E-state index contributed by atoms with van der Waals surface area (Å²) in [7, 11) is 1.65. The van der Waals surface area contributed by atoms with Crippen LogP contribution in [0.1, 0.15) is 25.8 Å². The van der Waals surface area contributed by atoms with Gasteiger partial charge in [-0.1, -0.05) is 11.8 Å². The molecule has 0 radical (unpaired) electrons. The first-order chi connectivity index (χ1) is 8.98. The summed E-state index contributed by atoms with van der Waals surface area (Å²) in [6, 6.07) is 4.15. The van der Waals surface area contributed by atoms with E-state index in [4.69, 9.17) is 14.6 Å². The van der Waals surface area contributed by atoms with Crippen LogP contribution in [0.15, 0.2) is 18.2 Å². The molecule has 1 rings (SSSR count). The van der Waals surface area contributed by atoms with Crippen LogP contribution >= 0.6 is 0 Å². The molecule has 19 heavy (non-hydrogen) atoms. The molecule has 0 aliphatic carbocycles. The second-order valence-electron chi connectivity index (χ2n) is 4.66. The summed E-state index contributed by atoms with van der Waals surface area (Å²) in [5.41, 5.74) is 0.168. The minimum Gasteiger partial charge on any atom is -0.492 e. The number of halogens is 1. The molecular formula is C15H19FO3. The first kappa shape index (κ1) is 15.5. The standard InChI is InChI=1S/C15H19FO3/c1-15(2,18-3)8-10-19-14-7-6-13(16)11-12(14)5-4-9-17/h6-7,11,17H,8-10H2,1-3H3. The molecule has 0 unspecified atom stereocenters. The molecule has 4 heteroatoms. The minimum absolute atomic E-state index is 0.267. The van der Waals surface area contributed by atoms with Crippen molar-refractivity contribution < 1.29 is 19.0 Å². The predicted octanol–water partition coefficient (Wildman–Crippen LogP) is 2.36. The third-order valence-corrected chi connectivity index (χ3v) is 2.76. The molecule has 0 spiro atoms. The fourth-order valence-corrected chi connectivity index (χ4v) is 1.37. The van der Waals surface area contributed by atoms with Crippen LogP contribution in [0.2, 0.25) is 0 Å². The molecule has 0 atom stereocenters. The first-order valence-corrected chi connectivity index (χ1v) is 6.06. The molecule has 0 heterocycles. The van der Waals surface area contributed by atoms with E-state index in [1.54, 1.807) is 7.11 Å². The van der Waals surface area contributed by atoms with Crippen LogP contribution in [0.5, 0.6) is 5.75 Å². The lowest BCUT2D eigenvalue weighted by molar-refractivity contribution is 0.00542. The van der Waals surface area contributed by atoms with Crippen LogP contribution in [0.4, 0.5) is 4.39 Å². The van der Waals surface area contributed by atoms with E-state index in [0.717, 1.165) is 0 Å². The molecule has 1 N–H and O–H groups in total. The van der Waals surface area contributed by atoms with E-state index < -0.39 is 0 Å². The van der Waals surface area contributed by atoms with Crippen molar-refractivity contribution in [2.45, 2.75) is 25.9 Å². The summed E-state index contributed by atoms with van der Waals surface area (Å²) in [5.74, 6) is 5.28. The van der Waals surface area contributed by atoms with Crippen molar-refractivity contribution in [1.82, 2.24) is 0 Å². The Morgan fingerprint density at radius 1 is 1.37 bits per heavy atom. The molecule has 0 aromatic heterocycles. The molecule has 0 fully saturated rings. The zero-order valence-electron chi connectivity index (χ0n) is 11.5. The third-order valence-electron chi connectivity index (χ3n) is 2.76. The van der Waals surface area contributed by atoms with Crippen LogP contribution in [0.3, 0.4) is 0 Å². The second-order valence-corrected chi connectivity index (χ2v) is 4.66. The van der Waals surface area contributed by atoms with Crippen LogP contribution in [-0.2, 0) is 4.74 Å². The highest BCUT2D eigenvalue weighted by Crippen LogP contribution is 2.20. The van der Waals surface area contributed by atoms with E-state index in [2.05, 4.69) is 11.8 Å². The van der Waals surface area contributed by atoms with Gasteiger partial charge in [-0.15, -0.1) is 0 Å². The second kappa shape index (κ2) is 7.13. The topological polar surface area (TPSA) is 38.7 Å². The fraction of sp³-hybridized carbons (Fsp3) is 0.467. The van der Waals surface area contributed by atoms with Gasteiger partial charge in [0.15, 0.2) is 0 Å². The van der Waals surface area contributed by atoms with Gasteiger partial charge in [-0.25, -0.2) is 4.39 Å². The smallest absolute Gasteiger partial charge is 0.135 e. The quantitative estimate of drug-likeness (QED) is 0.832. The van der Waals surface area contributed by atoms with E-state index in [1.165, 1.54) is 18.2 Å². The molecule has 0 bridgehead atoms. The summed E-state index contributed by atoms with van der Waals surface area (Å²) in [6.07, 6.45) is 0.702. The lowest BCUT2D eigenvalue weighted by Gasteiger charge is -2.22. The van der Waals surface area contributed by atoms with Crippen molar-refractivity contribution in [3.05, 3.63) is 29.6 Å². The number of hydrogen-bond acceptors (Lipinski definition) is 3. The Morgan fingerprint density at radius 3 is 2.74 bits per heavy atom. The van der Waals surface area contributed by atoms with Crippen molar-refractivity contribution >= 4 is 0 Å². The van der Waals surface area contributed by atoms with E-state index in [1.807, 2.05) is 13.8 Å². The van der Waals surface area contributed by atoms with Gasteiger partial charge in [0.25, 0.3) is 0 Å². The van der Waals surface area contributed by atoms with Crippen molar-refractivity contribution in [2.75, 3.05) is 20.3 Å². The molecule has 104 valence electrons. The largest absolute Gasteiger partial charge is 0.492 e. The summed E-state index contributed by atoms with van der Waals surface area (Å²) < 4.78 is 24.0. The van der Waals surface area contributed by atoms with Gasteiger partial charge < -0.3 is 14.6 Å². The molecular weight excluding hydrogens is 247 g/mol. The van der Waals surface area contributed by atoms with Gasteiger partial charge >= 0.3 is 0 Å². The highest BCUT2D eigenvalue weighted by molar-refractivity contribution is 5.46. The minimum atomic E-state index is -0.383. The van der Waals surface area contributed by atoms with Crippen molar-refractivity contribution in [2.24, 2.45) is 0 Å². The number of rotatable bonds is 5. The molecule has 0 aliphatic heterocycles. The van der Waals surface area contributed by atoms with Gasteiger partial charge in [-0.3, -0.25) is 0 Å². The van der Waals surface area contributed by atoms with Crippen molar-refractivity contribution in [1.29, 1.82) is 0 Å². The molecule has 3 nitrogen and oxygen atoms in total. The predicted molar refractivity (Wildman–Crippen MR) is 71.6 cm³/mol. The molecule has 0 aliphatic rings. The van der Waals surface area contributed by atoms with Gasteiger partial charge in [0.1, 0.15) is 18.2 Å². The summed E-state index contributed by atoms with van der Waals surface area (Å²) in [5, 5.41) is 8.68. The van der Waals surface area contributed by atoms with Gasteiger partial charge in [0, 0.05) is 13.5 Å². The van der Waals surface area contributed by atoms with E-state index >= 15 is 0 Å². The highest BCUT2D eigenvalue weighted by Gasteiger charge is 2.16. The number of aliphatic hydroxyl groups is 1. The van der Waals surface area contributed by atoms with Crippen molar-refractivity contribution in [3.8, 4) is 17.6 Å². The van der Waals surface area contributed by atoms with Crippen LogP contribution in [-0.4, -0.2) is 31.0 Å². The first-order valence-electron chi connectivity index (χ1n) is 6.06. The van der Waals surface area contributed by atoms with Crippen LogP contribution < -0.4 is 4.74 Å². The molecule has 0 saturated heterocycles. The average Bonchev–Trinajstić information content (AvgIpc) is 2.38. The number of methoxy groups -OCH3 is 1. The number of hydrogen-bond donors (Lipinski definition) is 1. The Kier molecular flexibility index (Phi) is 5.81. The maximum atomic E-state index is 13.1. The van der Waals surface area contributed by atoms with Crippen LogP contribution in [0, 0.1) is 17.7 Å². The lowest BCUT2D eigenvalue weighted by Crippen LogP contribution is -2.25. The summed E-state index contributed by atoms with van der Waals surface area (Å²) >= 11 is 0. The van der Waals surface area contributed by atoms with E-state index in [9.17, 15) is 4.39 Å². The molecule has 0 amide bonds. The zero-order chi connectivity index (χ0) is 14.3. The lowest BCUT2D eigenvalue weighted by atomic mass is 10.1. The third kappa shape index (κ3) is 5.29. The Hall–Kier alpha value is -1.57.